The number of fused-ring (bicyclic) bond motifs is 1. The number of aromatic hydroxyl groups is 1. The fourth-order valence-corrected chi connectivity index (χ4v) is 2.84. The van der Waals surface area contributed by atoms with E-state index in [1.165, 1.54) is 0 Å². The first-order chi connectivity index (χ1) is 12.3. The van der Waals surface area contributed by atoms with Gasteiger partial charge in [-0.1, -0.05) is 66.4 Å². The summed E-state index contributed by atoms with van der Waals surface area (Å²) < 4.78 is 0. The topological polar surface area (TPSA) is 33.1 Å². The van der Waals surface area contributed by atoms with E-state index in [9.17, 15) is 5.11 Å². The SMILES string of the molecule is Oc1ccccc1-c1cnc2ccccc2c1C#Cc1ccccc1. The zero-order valence-corrected chi connectivity index (χ0v) is 13.5. The number of hydrogen-bond donors (Lipinski definition) is 1. The van der Waals surface area contributed by atoms with Crippen molar-refractivity contribution in [1.82, 2.24) is 4.98 Å². The predicted molar refractivity (Wildman–Crippen MR) is 101 cm³/mol. The molecule has 0 fully saturated rings. The first kappa shape index (κ1) is 15.0. The third kappa shape index (κ3) is 2.96. The number of pyridine rings is 1. The van der Waals surface area contributed by atoms with Gasteiger partial charge in [-0.15, -0.1) is 0 Å². The average molecular weight is 321 g/mol. The van der Waals surface area contributed by atoms with Crippen LogP contribution in [-0.4, -0.2) is 10.1 Å². The highest BCUT2D eigenvalue weighted by Crippen LogP contribution is 2.33. The zero-order chi connectivity index (χ0) is 17.1. The van der Waals surface area contributed by atoms with Crippen molar-refractivity contribution in [2.24, 2.45) is 0 Å². The van der Waals surface area contributed by atoms with Gasteiger partial charge < -0.3 is 5.11 Å². The smallest absolute Gasteiger partial charge is 0.123 e. The monoisotopic (exact) mass is 321 g/mol. The molecule has 0 aliphatic rings. The second kappa shape index (κ2) is 6.51. The molecule has 0 atom stereocenters. The Labute approximate surface area is 146 Å². The van der Waals surface area contributed by atoms with Crippen LogP contribution in [0, 0.1) is 11.8 Å². The Balaban J connectivity index is 1.98. The maximum Gasteiger partial charge on any atom is 0.123 e. The van der Waals surface area contributed by atoms with Crippen molar-refractivity contribution in [3.8, 4) is 28.7 Å². The molecular formula is C23H15NO. The zero-order valence-electron chi connectivity index (χ0n) is 13.5. The fraction of sp³-hybridized carbons (Fsp3) is 0. The van der Waals surface area contributed by atoms with E-state index in [0.29, 0.717) is 0 Å². The fourth-order valence-electron chi connectivity index (χ4n) is 2.84. The van der Waals surface area contributed by atoms with Crippen molar-refractivity contribution in [3.63, 3.8) is 0 Å². The summed E-state index contributed by atoms with van der Waals surface area (Å²) in [6, 6.07) is 25.1. The molecule has 0 saturated carbocycles. The van der Waals surface area contributed by atoms with Gasteiger partial charge in [0.1, 0.15) is 5.75 Å². The van der Waals surface area contributed by atoms with Crippen LogP contribution in [0.15, 0.2) is 85.1 Å². The van der Waals surface area contributed by atoms with Gasteiger partial charge in [0.2, 0.25) is 0 Å². The van der Waals surface area contributed by atoms with Crippen molar-refractivity contribution in [2.75, 3.05) is 0 Å². The Morgan fingerprint density at radius 3 is 2.24 bits per heavy atom. The molecule has 0 aliphatic heterocycles. The van der Waals surface area contributed by atoms with Gasteiger partial charge in [-0.05, 0) is 24.3 Å². The van der Waals surface area contributed by atoms with Crippen LogP contribution < -0.4 is 0 Å². The summed E-state index contributed by atoms with van der Waals surface area (Å²) >= 11 is 0. The van der Waals surface area contributed by atoms with Crippen LogP contribution in [0.1, 0.15) is 11.1 Å². The quantitative estimate of drug-likeness (QED) is 0.500. The van der Waals surface area contributed by atoms with E-state index in [1.54, 1.807) is 12.3 Å². The summed E-state index contributed by atoms with van der Waals surface area (Å²) in [6.45, 7) is 0. The van der Waals surface area contributed by atoms with Crippen LogP contribution in [0.3, 0.4) is 0 Å². The summed E-state index contributed by atoms with van der Waals surface area (Å²) in [5.41, 5.74) is 4.28. The lowest BCUT2D eigenvalue weighted by atomic mass is 9.97. The first-order valence-electron chi connectivity index (χ1n) is 8.06. The summed E-state index contributed by atoms with van der Waals surface area (Å²) in [6.07, 6.45) is 1.78. The van der Waals surface area contributed by atoms with Gasteiger partial charge >= 0.3 is 0 Å². The molecule has 0 spiro atoms. The molecule has 25 heavy (non-hydrogen) atoms. The lowest BCUT2D eigenvalue weighted by Gasteiger charge is -2.09. The van der Waals surface area contributed by atoms with Gasteiger partial charge in [-0.2, -0.15) is 0 Å². The number of hydrogen-bond acceptors (Lipinski definition) is 2. The van der Waals surface area contributed by atoms with E-state index in [-0.39, 0.29) is 5.75 Å². The van der Waals surface area contributed by atoms with Crippen molar-refractivity contribution in [3.05, 3.63) is 96.2 Å². The van der Waals surface area contributed by atoms with E-state index < -0.39 is 0 Å². The molecule has 2 nitrogen and oxygen atoms in total. The van der Waals surface area contributed by atoms with E-state index in [4.69, 9.17) is 0 Å². The standard InChI is InChI=1S/C23H15NO/c25-23-13-7-5-11-20(23)21-16-24-22-12-6-4-10-19(22)18(21)15-14-17-8-2-1-3-9-17/h1-13,16,25H. The van der Waals surface area contributed by atoms with Crippen LogP contribution in [0.25, 0.3) is 22.0 Å². The minimum atomic E-state index is 0.224. The van der Waals surface area contributed by atoms with E-state index >= 15 is 0 Å². The Bertz CT molecular complexity index is 1100. The van der Waals surface area contributed by atoms with Crippen LogP contribution in [-0.2, 0) is 0 Å². The summed E-state index contributed by atoms with van der Waals surface area (Å²) in [4.78, 5) is 4.54. The maximum atomic E-state index is 10.3. The molecule has 0 bridgehead atoms. The maximum absolute atomic E-state index is 10.3. The van der Waals surface area contributed by atoms with Crippen LogP contribution in [0.4, 0.5) is 0 Å². The number of phenolic OH excluding ortho intramolecular Hbond substituents is 1. The number of phenols is 1. The molecule has 4 rings (SSSR count). The summed E-state index contributed by atoms with van der Waals surface area (Å²) in [5.74, 6) is 6.74. The molecule has 118 valence electrons. The third-order valence-electron chi connectivity index (χ3n) is 4.08. The minimum Gasteiger partial charge on any atom is -0.507 e. The van der Waals surface area contributed by atoms with E-state index in [0.717, 1.165) is 33.2 Å². The highest BCUT2D eigenvalue weighted by Gasteiger charge is 2.11. The highest BCUT2D eigenvalue weighted by atomic mass is 16.3. The van der Waals surface area contributed by atoms with E-state index in [2.05, 4.69) is 16.8 Å². The molecule has 1 heterocycles. The lowest BCUT2D eigenvalue weighted by Crippen LogP contribution is -1.91. The average Bonchev–Trinajstić information content (AvgIpc) is 2.67. The number of rotatable bonds is 1. The molecule has 3 aromatic carbocycles. The molecule has 4 aromatic rings. The van der Waals surface area contributed by atoms with Crippen LogP contribution in [0.2, 0.25) is 0 Å². The lowest BCUT2D eigenvalue weighted by molar-refractivity contribution is 0.477. The number of nitrogens with zero attached hydrogens (tertiary/aromatic N) is 1. The second-order valence-corrected chi connectivity index (χ2v) is 5.70. The molecule has 0 unspecified atom stereocenters. The van der Waals surface area contributed by atoms with Crippen molar-refractivity contribution >= 4 is 10.9 Å². The Kier molecular flexibility index (Phi) is 3.90. The van der Waals surface area contributed by atoms with Crippen molar-refractivity contribution < 1.29 is 5.11 Å². The largest absolute Gasteiger partial charge is 0.507 e. The van der Waals surface area contributed by atoms with Crippen LogP contribution >= 0.6 is 0 Å². The predicted octanol–water partition coefficient (Wildman–Crippen LogP) is 5.01. The molecule has 1 N–H and O–H groups in total. The molecule has 0 radical (unpaired) electrons. The Morgan fingerprint density at radius 1 is 0.680 bits per heavy atom. The Hall–Kier alpha value is -3.57. The molecule has 0 aliphatic carbocycles. The number of para-hydroxylation sites is 2. The number of benzene rings is 3. The van der Waals surface area contributed by atoms with Gasteiger partial charge in [0.05, 0.1) is 5.52 Å². The van der Waals surface area contributed by atoms with Crippen molar-refractivity contribution in [1.29, 1.82) is 0 Å². The first-order valence-corrected chi connectivity index (χ1v) is 8.06. The van der Waals surface area contributed by atoms with Gasteiger partial charge in [0.15, 0.2) is 0 Å². The van der Waals surface area contributed by atoms with Gasteiger partial charge in [0.25, 0.3) is 0 Å². The van der Waals surface area contributed by atoms with Crippen LogP contribution in [0.5, 0.6) is 5.75 Å². The molecule has 2 heteroatoms. The van der Waals surface area contributed by atoms with Gasteiger partial charge in [-0.25, -0.2) is 0 Å². The highest BCUT2D eigenvalue weighted by molar-refractivity contribution is 5.92. The molecular weight excluding hydrogens is 306 g/mol. The molecule has 0 saturated heterocycles. The Morgan fingerprint density at radius 2 is 1.40 bits per heavy atom. The third-order valence-corrected chi connectivity index (χ3v) is 4.08. The van der Waals surface area contributed by atoms with E-state index in [1.807, 2.05) is 72.8 Å². The molecule has 0 amide bonds. The van der Waals surface area contributed by atoms with Gasteiger partial charge in [-0.3, -0.25) is 4.98 Å². The summed E-state index contributed by atoms with van der Waals surface area (Å²) in [7, 11) is 0. The minimum absolute atomic E-state index is 0.224. The normalized spacial score (nSPS) is 10.2. The second-order valence-electron chi connectivity index (χ2n) is 5.70. The molecule has 1 aromatic heterocycles. The van der Waals surface area contributed by atoms with Gasteiger partial charge in [0, 0.05) is 33.8 Å². The summed E-state index contributed by atoms with van der Waals surface area (Å²) in [5, 5.41) is 11.2. The number of aromatic nitrogens is 1. The van der Waals surface area contributed by atoms with Crippen molar-refractivity contribution in [2.45, 2.75) is 0 Å².